The fourth-order valence-electron chi connectivity index (χ4n) is 2.71. The van der Waals surface area contributed by atoms with Crippen molar-refractivity contribution in [3.63, 3.8) is 0 Å². The van der Waals surface area contributed by atoms with Crippen molar-refractivity contribution in [2.24, 2.45) is 0 Å². The average Bonchev–Trinajstić information content (AvgIpc) is 2.74. The van der Waals surface area contributed by atoms with Gasteiger partial charge >= 0.3 is 0 Å². The number of carbonyl (C=O) groups excluding carboxylic acids is 1. The summed E-state index contributed by atoms with van der Waals surface area (Å²) in [6, 6.07) is 15.4. The number of methoxy groups -OCH3 is 2. The van der Waals surface area contributed by atoms with Crippen LogP contribution in [0.2, 0.25) is 10.0 Å². The van der Waals surface area contributed by atoms with Gasteiger partial charge in [-0.05, 0) is 36.4 Å². The smallest absolute Gasteiger partial charge is 0.262 e. The lowest BCUT2D eigenvalue weighted by molar-refractivity contribution is 0.102. The summed E-state index contributed by atoms with van der Waals surface area (Å²) >= 11 is 12.3. The van der Waals surface area contributed by atoms with Crippen LogP contribution in [0.25, 0.3) is 0 Å². The molecule has 3 aromatic carbocycles. The number of benzene rings is 3. The van der Waals surface area contributed by atoms with Crippen LogP contribution in [0.15, 0.2) is 65.6 Å². The molecule has 0 aromatic heterocycles. The molecular weight excluding hydrogens is 463 g/mol. The van der Waals surface area contributed by atoms with Crippen molar-refractivity contribution in [2.75, 3.05) is 24.3 Å². The summed E-state index contributed by atoms with van der Waals surface area (Å²) in [5.74, 6) is -0.00742. The maximum atomic E-state index is 13.0. The molecule has 31 heavy (non-hydrogen) atoms. The first-order valence-corrected chi connectivity index (χ1v) is 11.1. The van der Waals surface area contributed by atoms with Crippen molar-refractivity contribution in [2.45, 2.75) is 4.90 Å². The minimum Gasteiger partial charge on any atom is -0.495 e. The van der Waals surface area contributed by atoms with Crippen LogP contribution in [-0.4, -0.2) is 28.5 Å². The number of ether oxygens (including phenoxy) is 2. The first-order chi connectivity index (χ1) is 14.7. The number of carbonyl (C=O) groups is 1. The van der Waals surface area contributed by atoms with Crippen molar-refractivity contribution in [3.05, 3.63) is 76.3 Å². The molecule has 0 atom stereocenters. The summed E-state index contributed by atoms with van der Waals surface area (Å²) in [5.41, 5.74) is 0.666. The molecule has 0 saturated heterocycles. The lowest BCUT2D eigenvalue weighted by Crippen LogP contribution is -2.17. The maximum Gasteiger partial charge on any atom is 0.262 e. The van der Waals surface area contributed by atoms with Gasteiger partial charge < -0.3 is 14.8 Å². The SMILES string of the molecule is COc1cc(OC)c(NS(=O)(=O)c2ccc(Cl)c(C(=O)Nc3ccccc3)c2)cc1Cl. The molecule has 2 N–H and O–H groups in total. The zero-order valence-electron chi connectivity index (χ0n) is 16.5. The quantitative estimate of drug-likeness (QED) is 0.492. The first-order valence-electron chi connectivity index (χ1n) is 8.85. The molecule has 0 unspecified atom stereocenters. The van der Waals surface area contributed by atoms with Crippen molar-refractivity contribution in [1.82, 2.24) is 0 Å². The largest absolute Gasteiger partial charge is 0.495 e. The highest BCUT2D eigenvalue weighted by atomic mass is 35.5. The van der Waals surface area contributed by atoms with Crippen molar-refractivity contribution >= 4 is 50.5 Å². The molecule has 0 radical (unpaired) electrons. The van der Waals surface area contributed by atoms with Crippen LogP contribution in [0.4, 0.5) is 11.4 Å². The highest BCUT2D eigenvalue weighted by Crippen LogP contribution is 2.37. The fraction of sp³-hybridized carbons (Fsp3) is 0.0952. The van der Waals surface area contributed by atoms with E-state index < -0.39 is 15.9 Å². The van der Waals surface area contributed by atoms with Gasteiger partial charge in [0.25, 0.3) is 15.9 Å². The van der Waals surface area contributed by atoms with Gasteiger partial charge in [-0.3, -0.25) is 9.52 Å². The molecule has 3 aromatic rings. The Hall–Kier alpha value is -2.94. The van der Waals surface area contributed by atoms with E-state index in [0.29, 0.717) is 11.4 Å². The van der Waals surface area contributed by atoms with Gasteiger partial charge in [0, 0.05) is 11.8 Å². The third-order valence-electron chi connectivity index (χ3n) is 4.24. The second-order valence-corrected chi connectivity index (χ2v) is 8.75. The van der Waals surface area contributed by atoms with E-state index in [4.69, 9.17) is 32.7 Å². The van der Waals surface area contributed by atoms with Crippen LogP contribution < -0.4 is 19.5 Å². The van der Waals surface area contributed by atoms with E-state index >= 15 is 0 Å². The van der Waals surface area contributed by atoms with Gasteiger partial charge in [0.1, 0.15) is 11.5 Å². The third-order valence-corrected chi connectivity index (χ3v) is 6.23. The molecule has 162 valence electrons. The second-order valence-electron chi connectivity index (χ2n) is 6.25. The standard InChI is InChI=1S/C21H18Cl2N2O5S/c1-29-19-12-20(30-2)18(11-17(19)23)25-31(27,28)14-8-9-16(22)15(10-14)21(26)24-13-6-4-3-5-7-13/h3-12,25H,1-2H3,(H,24,26). The van der Waals surface area contributed by atoms with Gasteiger partial charge in [0.2, 0.25) is 0 Å². The van der Waals surface area contributed by atoms with Crippen LogP contribution in [-0.2, 0) is 10.0 Å². The predicted molar refractivity (Wildman–Crippen MR) is 121 cm³/mol. The summed E-state index contributed by atoms with van der Waals surface area (Å²) in [6.45, 7) is 0. The molecule has 0 aliphatic rings. The van der Waals surface area contributed by atoms with E-state index in [1.807, 2.05) is 0 Å². The number of amides is 1. The van der Waals surface area contributed by atoms with Crippen molar-refractivity contribution in [3.8, 4) is 11.5 Å². The van der Waals surface area contributed by atoms with Crippen LogP contribution in [0.1, 0.15) is 10.4 Å². The van der Waals surface area contributed by atoms with Gasteiger partial charge in [-0.2, -0.15) is 0 Å². The van der Waals surface area contributed by atoms with Crippen LogP contribution in [0, 0.1) is 0 Å². The summed E-state index contributed by atoms with van der Waals surface area (Å²) < 4.78 is 38.7. The van der Waals surface area contributed by atoms with E-state index in [9.17, 15) is 13.2 Å². The summed E-state index contributed by atoms with van der Waals surface area (Å²) in [4.78, 5) is 12.5. The van der Waals surface area contributed by atoms with Gasteiger partial charge in [0.15, 0.2) is 0 Å². The number of sulfonamides is 1. The molecule has 0 heterocycles. The molecule has 0 fully saturated rings. The lowest BCUT2D eigenvalue weighted by atomic mass is 10.2. The Morgan fingerprint density at radius 3 is 2.19 bits per heavy atom. The van der Waals surface area contributed by atoms with Crippen LogP contribution in [0.5, 0.6) is 11.5 Å². The molecule has 0 aliphatic heterocycles. The minimum absolute atomic E-state index is 0.00752. The summed E-state index contributed by atoms with van der Waals surface area (Å²) in [5, 5.41) is 2.98. The summed E-state index contributed by atoms with van der Waals surface area (Å²) in [6.07, 6.45) is 0. The molecule has 0 aliphatic carbocycles. The highest BCUT2D eigenvalue weighted by molar-refractivity contribution is 7.92. The zero-order valence-corrected chi connectivity index (χ0v) is 18.8. The lowest BCUT2D eigenvalue weighted by Gasteiger charge is -2.15. The van der Waals surface area contributed by atoms with Crippen LogP contribution >= 0.6 is 23.2 Å². The Labute approximate surface area is 189 Å². The number of rotatable bonds is 7. The van der Waals surface area contributed by atoms with E-state index in [0.717, 1.165) is 0 Å². The molecule has 10 heteroatoms. The Kier molecular flexibility index (Phi) is 6.94. The third kappa shape index (κ3) is 5.22. The van der Waals surface area contributed by atoms with Gasteiger partial charge in [-0.1, -0.05) is 41.4 Å². The minimum atomic E-state index is -4.10. The molecule has 7 nitrogen and oxygen atoms in total. The van der Waals surface area contributed by atoms with Gasteiger partial charge in [-0.25, -0.2) is 8.42 Å². The number of hydrogen-bond donors (Lipinski definition) is 2. The van der Waals surface area contributed by atoms with E-state index in [2.05, 4.69) is 10.0 Å². The van der Waals surface area contributed by atoms with E-state index in [-0.39, 0.29) is 31.9 Å². The predicted octanol–water partition coefficient (Wildman–Crippen LogP) is 5.06. The highest BCUT2D eigenvalue weighted by Gasteiger charge is 2.21. The Morgan fingerprint density at radius 2 is 1.55 bits per heavy atom. The number of para-hydroxylation sites is 1. The number of anilines is 2. The van der Waals surface area contributed by atoms with Crippen molar-refractivity contribution in [1.29, 1.82) is 0 Å². The number of halogens is 2. The Balaban J connectivity index is 1.93. The topological polar surface area (TPSA) is 93.7 Å². The van der Waals surface area contributed by atoms with Gasteiger partial charge in [0.05, 0.1) is 40.4 Å². The van der Waals surface area contributed by atoms with Crippen LogP contribution in [0.3, 0.4) is 0 Å². The van der Waals surface area contributed by atoms with Crippen molar-refractivity contribution < 1.29 is 22.7 Å². The average molecular weight is 481 g/mol. The number of hydrogen-bond acceptors (Lipinski definition) is 5. The first kappa shape index (κ1) is 22.7. The molecule has 1 amide bonds. The molecule has 0 saturated carbocycles. The fourth-order valence-corrected chi connectivity index (χ4v) is 4.24. The molecular formula is C21H18Cl2N2O5S. The van der Waals surface area contributed by atoms with E-state index in [1.54, 1.807) is 30.3 Å². The Bertz CT molecular complexity index is 1220. The normalized spacial score (nSPS) is 11.0. The zero-order chi connectivity index (χ0) is 22.6. The maximum absolute atomic E-state index is 13.0. The van der Waals surface area contributed by atoms with Gasteiger partial charge in [-0.15, -0.1) is 0 Å². The van der Waals surface area contributed by atoms with E-state index in [1.165, 1.54) is 44.6 Å². The Morgan fingerprint density at radius 1 is 0.871 bits per heavy atom. The summed E-state index contributed by atoms with van der Waals surface area (Å²) in [7, 11) is -1.28. The molecule has 0 bridgehead atoms. The molecule has 0 spiro atoms. The number of nitrogens with one attached hydrogen (secondary N) is 2. The monoisotopic (exact) mass is 480 g/mol. The molecule has 3 rings (SSSR count). The second kappa shape index (κ2) is 9.47.